The fourth-order valence-electron chi connectivity index (χ4n) is 6.14. The molecule has 1 aromatic carbocycles. The molecule has 2 heterocycles. The number of ether oxygens (including phenoxy) is 12. The summed E-state index contributed by atoms with van der Waals surface area (Å²) in [5.74, 6) is -6.55. The smallest absolute Gasteiger partial charge is 0.303 e. The molecule has 0 N–H and O–H groups in total. The minimum absolute atomic E-state index is 0.0818. The van der Waals surface area contributed by atoms with Crippen LogP contribution >= 0.6 is 0 Å². The van der Waals surface area contributed by atoms with Gasteiger partial charge in [0.1, 0.15) is 25.4 Å². The van der Waals surface area contributed by atoms with E-state index in [0.717, 1.165) is 55.4 Å². The number of rotatable bonds is 20. The minimum atomic E-state index is -2.07. The molecule has 2 fully saturated rings. The van der Waals surface area contributed by atoms with E-state index in [4.69, 9.17) is 56.8 Å². The maximum absolute atomic E-state index is 13.7. The van der Waals surface area contributed by atoms with Crippen molar-refractivity contribution in [3.05, 3.63) is 47.2 Å². The minimum Gasteiger partial charge on any atom is -0.463 e. The first-order chi connectivity index (χ1) is 30.0. The predicted molar refractivity (Wildman–Crippen MR) is 213 cm³/mol. The molecule has 12 atom stereocenters. The Kier molecular flexibility index (Phi) is 20.4. The van der Waals surface area contributed by atoms with Crippen LogP contribution in [0.4, 0.5) is 0 Å². The molecule has 0 saturated carbocycles. The third-order valence-corrected chi connectivity index (χ3v) is 11.1. The lowest BCUT2D eigenvalue weighted by Gasteiger charge is -2.44. The van der Waals surface area contributed by atoms with Crippen molar-refractivity contribution >= 4 is 69.4 Å². The summed E-state index contributed by atoms with van der Waals surface area (Å²) < 4.78 is 93.4. The van der Waals surface area contributed by atoms with Gasteiger partial charge < -0.3 is 56.8 Å². The molecule has 22 nitrogen and oxygen atoms in total. The van der Waals surface area contributed by atoms with Crippen LogP contribution in [0.5, 0.6) is 0 Å². The quantitative estimate of drug-likeness (QED) is 0.131. The van der Waals surface area contributed by atoms with E-state index < -0.39 is 157 Å². The predicted octanol–water partition coefficient (Wildman–Crippen LogP) is 1.13. The van der Waals surface area contributed by atoms with Gasteiger partial charge in [-0.2, -0.15) is 0 Å². The van der Waals surface area contributed by atoms with E-state index in [2.05, 4.69) is 13.2 Å². The maximum Gasteiger partial charge on any atom is 0.303 e. The topological polar surface area (TPSA) is 281 Å². The van der Waals surface area contributed by atoms with E-state index in [1.807, 2.05) is 0 Å². The van der Waals surface area contributed by atoms with Crippen LogP contribution in [0.1, 0.15) is 55.4 Å². The van der Waals surface area contributed by atoms with Crippen molar-refractivity contribution in [3.8, 4) is 0 Å². The van der Waals surface area contributed by atoms with Crippen LogP contribution in [0.15, 0.2) is 57.0 Å². The summed E-state index contributed by atoms with van der Waals surface area (Å²) in [6.45, 7) is 14.1. The average molecular weight is 947 g/mol. The summed E-state index contributed by atoms with van der Waals surface area (Å²) in [6.07, 6.45) is -14.8. The van der Waals surface area contributed by atoms with Gasteiger partial charge in [0.15, 0.2) is 49.2 Å². The van der Waals surface area contributed by atoms with Gasteiger partial charge in [-0.05, 0) is 18.2 Å². The first-order valence-electron chi connectivity index (χ1n) is 19.1. The largest absolute Gasteiger partial charge is 0.463 e. The number of benzene rings is 1. The molecule has 0 aromatic heterocycles. The van der Waals surface area contributed by atoms with E-state index in [1.165, 1.54) is 24.3 Å². The van der Waals surface area contributed by atoms with Gasteiger partial charge >= 0.3 is 47.8 Å². The number of esters is 8. The van der Waals surface area contributed by atoms with Crippen LogP contribution in [0, 0.1) is 0 Å². The molecule has 2 aliphatic rings. The van der Waals surface area contributed by atoms with Gasteiger partial charge in [0, 0.05) is 75.0 Å². The van der Waals surface area contributed by atoms with Crippen molar-refractivity contribution in [2.24, 2.45) is 0 Å². The van der Waals surface area contributed by atoms with Crippen molar-refractivity contribution in [2.75, 3.05) is 26.4 Å². The highest BCUT2D eigenvalue weighted by molar-refractivity contribution is 7.89. The fraction of sp³-hybridized carbons (Fsp3) is 0.550. The SMILES string of the molecule is C=C(CO[C@H]1O[C@@H](COC(C)=O)[C@H](OC(C)=O)[C@@H](OC(C)=O)[C@@H]1OC(C)=O)S(=O)c1cccc(S(=O)C(=C)CO[C@@H]2O[C@H](COC(C)=O)[C@@H](OC(C)=O)[C@H](OC(C)=O)[C@H]2OC(C)=O)c1. The van der Waals surface area contributed by atoms with Crippen LogP contribution in [-0.2, 0) is 117 Å². The average Bonchev–Trinajstić information content (AvgIpc) is 3.19. The number of carbonyl (C=O) groups excluding carboxylic acids is 8. The zero-order chi connectivity index (χ0) is 48.0. The third-order valence-electron chi connectivity index (χ3n) is 8.47. The Balaban J connectivity index is 1.81. The van der Waals surface area contributed by atoms with Gasteiger partial charge in [-0.15, -0.1) is 0 Å². The van der Waals surface area contributed by atoms with Crippen molar-refractivity contribution < 1.29 is 104 Å². The van der Waals surface area contributed by atoms with Crippen LogP contribution in [0.25, 0.3) is 0 Å². The number of carbonyl (C=O) groups is 8. The zero-order valence-corrected chi connectivity index (χ0v) is 37.8. The molecular weight excluding hydrogens is 897 g/mol. The Hall–Kier alpha value is -5.40. The molecule has 0 amide bonds. The lowest BCUT2D eigenvalue weighted by molar-refractivity contribution is -0.306. The van der Waals surface area contributed by atoms with Gasteiger partial charge in [0.25, 0.3) is 0 Å². The summed E-state index contributed by atoms with van der Waals surface area (Å²) in [6, 6.07) is 5.65. The highest BCUT2D eigenvalue weighted by Gasteiger charge is 2.54. The van der Waals surface area contributed by atoms with Crippen LogP contribution in [-0.4, -0.2) is 144 Å². The number of hydrogen-bond acceptors (Lipinski definition) is 22. The lowest BCUT2D eigenvalue weighted by atomic mass is 9.98. The highest BCUT2D eigenvalue weighted by Crippen LogP contribution is 2.32. The molecule has 0 bridgehead atoms. The van der Waals surface area contributed by atoms with Gasteiger partial charge in [-0.3, -0.25) is 38.4 Å². The molecule has 64 heavy (non-hydrogen) atoms. The van der Waals surface area contributed by atoms with Crippen LogP contribution in [0.2, 0.25) is 0 Å². The van der Waals surface area contributed by atoms with E-state index in [9.17, 15) is 46.8 Å². The molecule has 1 aromatic rings. The van der Waals surface area contributed by atoms with E-state index in [1.54, 1.807) is 0 Å². The number of hydrogen-bond donors (Lipinski definition) is 0. The highest BCUT2D eigenvalue weighted by atomic mass is 32.2. The van der Waals surface area contributed by atoms with Crippen molar-refractivity contribution in [1.29, 1.82) is 0 Å². The van der Waals surface area contributed by atoms with E-state index in [0.29, 0.717) is 0 Å². The molecule has 24 heteroatoms. The van der Waals surface area contributed by atoms with Crippen molar-refractivity contribution in [2.45, 2.75) is 127 Å². The normalized spacial score (nSPS) is 26.1. The zero-order valence-electron chi connectivity index (χ0n) is 36.1. The molecule has 0 spiro atoms. The Morgan fingerprint density at radius 1 is 0.484 bits per heavy atom. The molecule has 0 radical (unpaired) electrons. The first kappa shape index (κ1) is 52.9. The summed E-state index contributed by atoms with van der Waals surface area (Å²) in [4.78, 5) is 96.1. The summed E-state index contributed by atoms with van der Waals surface area (Å²) in [7, 11) is -4.15. The monoisotopic (exact) mass is 946 g/mol. The van der Waals surface area contributed by atoms with Crippen molar-refractivity contribution in [3.63, 3.8) is 0 Å². The fourth-order valence-corrected chi connectivity index (χ4v) is 8.10. The standard InChI is InChI=1S/C40H50O22S2/c1-19(15-53-39-37(59-27(9)47)35(57-25(7)45)33(55-23(5)43)31(61-39)17-51-21(3)41)63(49)29-12-11-13-30(14-29)64(50)20(2)16-54-40-38(60-28(10)48)36(58-26(8)46)34(56-24(6)44)32(62-40)18-52-22(4)42/h11-14,31-40H,1-2,15-18H2,3-10H3/t31-,32+,33-,34+,35+,36-,37-,38+,39-,40+,63?,64?. The van der Waals surface area contributed by atoms with Crippen LogP contribution in [0.3, 0.4) is 0 Å². The second-order valence-electron chi connectivity index (χ2n) is 13.8. The molecule has 0 aliphatic carbocycles. The molecule has 2 saturated heterocycles. The molecule has 3 rings (SSSR count). The second kappa shape index (κ2) is 24.6. The summed E-state index contributed by atoms with van der Waals surface area (Å²) >= 11 is 0. The Morgan fingerprint density at radius 2 is 0.781 bits per heavy atom. The van der Waals surface area contributed by atoms with Gasteiger partial charge in [-0.1, -0.05) is 19.2 Å². The lowest BCUT2D eigenvalue weighted by Crippen LogP contribution is -2.63. The van der Waals surface area contributed by atoms with Gasteiger partial charge in [-0.25, -0.2) is 8.42 Å². The Morgan fingerprint density at radius 3 is 1.08 bits per heavy atom. The van der Waals surface area contributed by atoms with E-state index in [-0.39, 0.29) is 19.6 Å². The second-order valence-corrected chi connectivity index (χ2v) is 17.0. The first-order valence-corrected chi connectivity index (χ1v) is 21.4. The maximum atomic E-state index is 13.7. The Bertz CT molecular complexity index is 1860. The third kappa shape index (κ3) is 16.0. The van der Waals surface area contributed by atoms with Gasteiger partial charge in [0.05, 0.1) is 34.8 Å². The van der Waals surface area contributed by atoms with E-state index >= 15 is 0 Å². The summed E-state index contributed by atoms with van der Waals surface area (Å²) in [5, 5.41) is 0. The molecule has 2 aliphatic heterocycles. The Labute approximate surface area is 372 Å². The van der Waals surface area contributed by atoms with Crippen LogP contribution < -0.4 is 0 Å². The van der Waals surface area contributed by atoms with Crippen molar-refractivity contribution in [1.82, 2.24) is 0 Å². The molecular formula is C40H50O22S2. The molecule has 2 unspecified atom stereocenters. The molecule has 354 valence electrons. The van der Waals surface area contributed by atoms with Gasteiger partial charge in [0.2, 0.25) is 0 Å². The summed E-state index contributed by atoms with van der Waals surface area (Å²) in [5.41, 5.74) is 0.